The van der Waals surface area contributed by atoms with E-state index in [1.807, 2.05) is 44.2 Å². The maximum atomic E-state index is 13.1. The molecule has 0 aromatic heterocycles. The Balaban J connectivity index is 3.25. The zero-order chi connectivity index (χ0) is 15.2. The van der Waals surface area contributed by atoms with Gasteiger partial charge in [0.2, 0.25) is 0 Å². The van der Waals surface area contributed by atoms with E-state index in [1.165, 1.54) is 0 Å². The molecule has 114 valence electrons. The lowest BCUT2D eigenvalue weighted by Gasteiger charge is -2.32. The first-order valence-corrected chi connectivity index (χ1v) is 8.69. The molecule has 0 saturated heterocycles. The van der Waals surface area contributed by atoms with E-state index in [4.69, 9.17) is 9.05 Å². The van der Waals surface area contributed by atoms with Crippen LogP contribution in [0.3, 0.4) is 0 Å². The number of hydrogen-bond donors (Lipinski definition) is 1. The van der Waals surface area contributed by atoms with Gasteiger partial charge in [-0.1, -0.05) is 44.2 Å². The average molecular weight is 300 g/mol. The topological polar surface area (TPSA) is 55.8 Å². The molecule has 0 aliphatic heterocycles. The SMILES string of the molecule is CCOP(=O)(OCC)[C@@H](c1ccccc1)C(O)C(C)C. The first-order valence-electron chi connectivity index (χ1n) is 7.08. The summed E-state index contributed by atoms with van der Waals surface area (Å²) in [7, 11) is -3.41. The molecule has 0 amide bonds. The van der Waals surface area contributed by atoms with Crippen molar-refractivity contribution < 1.29 is 18.7 Å². The summed E-state index contributed by atoms with van der Waals surface area (Å²) < 4.78 is 23.9. The lowest BCUT2D eigenvalue weighted by molar-refractivity contribution is 0.100. The van der Waals surface area contributed by atoms with Gasteiger partial charge < -0.3 is 14.2 Å². The predicted molar refractivity (Wildman–Crippen MR) is 80.9 cm³/mol. The highest BCUT2D eigenvalue weighted by atomic mass is 31.2. The Morgan fingerprint density at radius 1 is 1.10 bits per heavy atom. The van der Waals surface area contributed by atoms with Crippen LogP contribution >= 0.6 is 7.60 Å². The van der Waals surface area contributed by atoms with Crippen molar-refractivity contribution in [3.05, 3.63) is 35.9 Å². The Labute approximate surface area is 121 Å². The van der Waals surface area contributed by atoms with Crippen molar-refractivity contribution in [1.29, 1.82) is 0 Å². The van der Waals surface area contributed by atoms with Crippen LogP contribution in [0.15, 0.2) is 30.3 Å². The highest BCUT2D eigenvalue weighted by molar-refractivity contribution is 7.54. The maximum absolute atomic E-state index is 13.1. The second kappa shape index (κ2) is 7.94. The predicted octanol–water partition coefficient (Wildman–Crippen LogP) is 4.01. The first kappa shape index (κ1) is 17.4. The molecule has 1 aromatic rings. The molecule has 4 nitrogen and oxygen atoms in total. The van der Waals surface area contributed by atoms with Crippen LogP contribution in [0.2, 0.25) is 0 Å². The van der Waals surface area contributed by atoms with Gasteiger partial charge in [-0.15, -0.1) is 0 Å². The molecule has 0 heterocycles. The zero-order valence-corrected chi connectivity index (χ0v) is 13.5. The molecule has 0 radical (unpaired) electrons. The van der Waals surface area contributed by atoms with E-state index in [2.05, 4.69) is 0 Å². The van der Waals surface area contributed by atoms with Crippen molar-refractivity contribution >= 4 is 7.60 Å². The van der Waals surface area contributed by atoms with Gasteiger partial charge in [0.15, 0.2) is 0 Å². The van der Waals surface area contributed by atoms with Crippen LogP contribution in [0, 0.1) is 5.92 Å². The van der Waals surface area contributed by atoms with Crippen LogP contribution in [-0.2, 0) is 13.6 Å². The third-order valence-electron chi connectivity index (χ3n) is 3.11. The van der Waals surface area contributed by atoms with Gasteiger partial charge in [0.25, 0.3) is 0 Å². The summed E-state index contributed by atoms with van der Waals surface area (Å²) >= 11 is 0. The van der Waals surface area contributed by atoms with Crippen molar-refractivity contribution in [3.63, 3.8) is 0 Å². The highest BCUT2D eigenvalue weighted by Gasteiger charge is 2.42. The largest absolute Gasteiger partial charge is 0.392 e. The van der Waals surface area contributed by atoms with Gasteiger partial charge in [-0.3, -0.25) is 4.57 Å². The van der Waals surface area contributed by atoms with Crippen LogP contribution in [0.4, 0.5) is 0 Å². The minimum atomic E-state index is -3.41. The molecule has 1 aromatic carbocycles. The van der Waals surface area contributed by atoms with E-state index in [1.54, 1.807) is 13.8 Å². The molecular formula is C15H25O4P. The molecule has 0 bridgehead atoms. The zero-order valence-electron chi connectivity index (χ0n) is 12.7. The minimum Gasteiger partial charge on any atom is -0.392 e. The number of aliphatic hydroxyl groups excluding tert-OH is 1. The van der Waals surface area contributed by atoms with Crippen molar-refractivity contribution in [2.45, 2.75) is 39.5 Å². The fourth-order valence-electron chi connectivity index (χ4n) is 2.14. The second-order valence-electron chi connectivity index (χ2n) is 4.97. The molecule has 0 aliphatic carbocycles. The van der Waals surface area contributed by atoms with E-state index in [0.29, 0.717) is 0 Å². The van der Waals surface area contributed by atoms with Gasteiger partial charge in [-0.2, -0.15) is 0 Å². The van der Waals surface area contributed by atoms with Crippen molar-refractivity contribution in [2.24, 2.45) is 5.92 Å². The van der Waals surface area contributed by atoms with E-state index >= 15 is 0 Å². The molecule has 5 heteroatoms. The minimum absolute atomic E-state index is 0.0468. The van der Waals surface area contributed by atoms with Crippen LogP contribution in [0.5, 0.6) is 0 Å². The summed E-state index contributed by atoms with van der Waals surface area (Å²) in [6, 6.07) is 9.30. The lowest BCUT2D eigenvalue weighted by Crippen LogP contribution is -2.26. The second-order valence-corrected chi connectivity index (χ2v) is 7.12. The van der Waals surface area contributed by atoms with E-state index < -0.39 is 19.4 Å². The summed E-state index contributed by atoms with van der Waals surface area (Å²) in [5.74, 6) is -0.0468. The number of hydrogen-bond acceptors (Lipinski definition) is 4. The van der Waals surface area contributed by atoms with Crippen LogP contribution in [0.1, 0.15) is 38.9 Å². The lowest BCUT2D eigenvalue weighted by atomic mass is 9.99. The molecule has 0 fully saturated rings. The highest BCUT2D eigenvalue weighted by Crippen LogP contribution is 2.63. The third kappa shape index (κ3) is 4.16. The van der Waals surface area contributed by atoms with Crippen LogP contribution in [-0.4, -0.2) is 24.4 Å². The summed E-state index contributed by atoms with van der Waals surface area (Å²) in [5.41, 5.74) is 0.113. The molecule has 20 heavy (non-hydrogen) atoms. The Hall–Kier alpha value is -0.670. The van der Waals surface area contributed by atoms with E-state index in [-0.39, 0.29) is 19.1 Å². The monoisotopic (exact) mass is 300 g/mol. The quantitative estimate of drug-likeness (QED) is 0.737. The van der Waals surface area contributed by atoms with Crippen molar-refractivity contribution in [3.8, 4) is 0 Å². The smallest absolute Gasteiger partial charge is 0.340 e. The van der Waals surface area contributed by atoms with Crippen LogP contribution < -0.4 is 0 Å². The standard InChI is InChI=1S/C15H25O4P/c1-5-18-20(17,19-6-2)15(14(16)12(3)4)13-10-8-7-9-11-13/h7-12,14-16H,5-6H2,1-4H3/t14?,15-/m0/s1. The van der Waals surface area contributed by atoms with Crippen LogP contribution in [0.25, 0.3) is 0 Å². The summed E-state index contributed by atoms with van der Waals surface area (Å²) in [6.07, 6.45) is -0.790. The van der Waals surface area contributed by atoms with Crippen molar-refractivity contribution in [1.82, 2.24) is 0 Å². The molecule has 2 atom stereocenters. The Bertz CT molecular complexity index is 423. The van der Waals surface area contributed by atoms with Gasteiger partial charge in [0, 0.05) is 0 Å². The van der Waals surface area contributed by atoms with Gasteiger partial charge in [-0.05, 0) is 25.3 Å². The van der Waals surface area contributed by atoms with Gasteiger partial charge in [0.1, 0.15) is 5.66 Å². The van der Waals surface area contributed by atoms with Gasteiger partial charge in [0.05, 0.1) is 19.3 Å². The summed E-state index contributed by atoms with van der Waals surface area (Å²) in [5, 5.41) is 10.5. The number of aliphatic hydroxyl groups is 1. The van der Waals surface area contributed by atoms with Gasteiger partial charge in [-0.25, -0.2) is 0 Å². The molecule has 0 aliphatic rings. The molecule has 1 N–H and O–H groups in total. The van der Waals surface area contributed by atoms with E-state index in [0.717, 1.165) is 5.56 Å². The fourth-order valence-corrected chi connectivity index (χ4v) is 4.51. The maximum Gasteiger partial charge on any atom is 0.340 e. The normalized spacial score (nSPS) is 15.3. The van der Waals surface area contributed by atoms with Gasteiger partial charge >= 0.3 is 7.60 Å². The van der Waals surface area contributed by atoms with E-state index in [9.17, 15) is 9.67 Å². The third-order valence-corrected chi connectivity index (χ3v) is 5.63. The summed E-state index contributed by atoms with van der Waals surface area (Å²) in [6.45, 7) is 7.90. The Kier molecular flexibility index (Phi) is 6.90. The molecule has 0 spiro atoms. The number of benzene rings is 1. The average Bonchev–Trinajstić information content (AvgIpc) is 2.40. The molecule has 0 saturated carbocycles. The van der Waals surface area contributed by atoms with Crippen molar-refractivity contribution in [2.75, 3.05) is 13.2 Å². The molecule has 1 unspecified atom stereocenters. The summed E-state index contributed by atoms with van der Waals surface area (Å²) in [4.78, 5) is 0. The first-order chi connectivity index (χ1) is 9.46. The molecule has 1 rings (SSSR count). The molecular weight excluding hydrogens is 275 g/mol. The number of rotatable bonds is 8. The fraction of sp³-hybridized carbons (Fsp3) is 0.600. The Morgan fingerprint density at radius 3 is 2.00 bits per heavy atom. The Morgan fingerprint density at radius 2 is 1.60 bits per heavy atom.